The van der Waals surface area contributed by atoms with Gasteiger partial charge in [0.15, 0.2) is 0 Å². The van der Waals surface area contributed by atoms with Crippen LogP contribution in [0.1, 0.15) is 63.8 Å². The third-order valence-electron chi connectivity index (χ3n) is 6.97. The summed E-state index contributed by atoms with van der Waals surface area (Å²) >= 11 is 0. The van der Waals surface area contributed by atoms with Gasteiger partial charge in [0.1, 0.15) is 23.1 Å². The van der Waals surface area contributed by atoms with E-state index >= 15 is 0 Å². The lowest BCUT2D eigenvalue weighted by molar-refractivity contribution is -0.138. The van der Waals surface area contributed by atoms with Crippen molar-refractivity contribution in [2.45, 2.75) is 44.3 Å². The van der Waals surface area contributed by atoms with Crippen molar-refractivity contribution in [3.8, 4) is 11.5 Å². The number of carbonyl (C=O) groups excluding carboxylic acids is 2. The Bertz CT molecular complexity index is 1470. The maximum absolute atomic E-state index is 14.7. The van der Waals surface area contributed by atoms with E-state index in [1.54, 1.807) is 6.92 Å². The summed E-state index contributed by atoms with van der Waals surface area (Å²) in [7, 11) is 0. The highest BCUT2D eigenvalue weighted by Gasteiger charge is 2.40. The highest BCUT2D eigenvalue weighted by Crippen LogP contribution is 2.48. The van der Waals surface area contributed by atoms with E-state index < -0.39 is 35.3 Å². The molecule has 1 aliphatic heterocycles. The molecule has 1 aliphatic carbocycles. The van der Waals surface area contributed by atoms with E-state index in [4.69, 9.17) is 4.74 Å². The van der Waals surface area contributed by atoms with Crippen molar-refractivity contribution in [2.75, 3.05) is 18.4 Å². The Labute approximate surface area is 226 Å². The van der Waals surface area contributed by atoms with Gasteiger partial charge in [0.05, 0.1) is 17.7 Å². The van der Waals surface area contributed by atoms with Crippen LogP contribution in [0.3, 0.4) is 0 Å². The lowest BCUT2D eigenvalue weighted by atomic mass is 9.98. The second-order valence-corrected chi connectivity index (χ2v) is 9.98. The molecule has 1 saturated heterocycles. The number of amides is 2. The number of benzene rings is 3. The molecule has 1 unspecified atom stereocenters. The van der Waals surface area contributed by atoms with Crippen LogP contribution in [0.15, 0.2) is 48.5 Å². The van der Waals surface area contributed by atoms with Gasteiger partial charge >= 0.3 is 6.18 Å². The molecule has 3 aromatic rings. The van der Waals surface area contributed by atoms with Gasteiger partial charge in [-0.1, -0.05) is 0 Å². The highest BCUT2D eigenvalue weighted by atomic mass is 19.4. The number of hydrogen-bond acceptors (Lipinski definition) is 4. The Balaban J connectivity index is 1.51. The van der Waals surface area contributed by atoms with Crippen LogP contribution < -0.4 is 20.7 Å². The molecule has 11 heteroatoms. The lowest BCUT2D eigenvalue weighted by Gasteiger charge is -2.20. The molecule has 1 saturated carbocycles. The summed E-state index contributed by atoms with van der Waals surface area (Å²) in [6.07, 6.45) is -3.15. The van der Waals surface area contributed by atoms with Gasteiger partial charge in [-0.3, -0.25) is 9.59 Å². The molecule has 3 aromatic carbocycles. The number of alkyl halides is 3. The molecule has 0 radical (unpaired) electrons. The molecule has 0 bridgehead atoms. The van der Waals surface area contributed by atoms with E-state index in [1.807, 2.05) is 0 Å². The van der Waals surface area contributed by atoms with Crippen molar-refractivity contribution < 1.29 is 36.3 Å². The average molecular weight is 560 g/mol. The first-order chi connectivity index (χ1) is 19.0. The molecule has 2 aliphatic rings. The minimum Gasteiger partial charge on any atom is -0.456 e. The monoisotopic (exact) mass is 559 g/mol. The number of carbonyl (C=O) groups is 2. The highest BCUT2D eigenvalue weighted by molar-refractivity contribution is 6.06. The van der Waals surface area contributed by atoms with Gasteiger partial charge in [-0.2, -0.15) is 13.2 Å². The van der Waals surface area contributed by atoms with Gasteiger partial charge in [0.2, 0.25) is 5.91 Å². The molecule has 2 amide bonds. The standard InChI is InChI=1S/C29H26F5N3O3/c1-15-10-17(30)4-7-25(15)40-26-13-19(16-2-3-16)22(29(32,33)34)12-21(26)28(39)37-18-5-6-23(31)20(11-18)24-8-9-35-27(38)14-36-24/h4-7,10-13,16,24,36H,2-3,8-9,14H2,1H3,(H,35,38)(H,37,39). The quantitative estimate of drug-likeness (QED) is 0.307. The van der Waals surface area contributed by atoms with Gasteiger partial charge in [0, 0.05) is 23.8 Å². The average Bonchev–Trinajstić information content (AvgIpc) is 3.75. The van der Waals surface area contributed by atoms with Gasteiger partial charge in [-0.15, -0.1) is 0 Å². The zero-order valence-corrected chi connectivity index (χ0v) is 21.4. The first-order valence-corrected chi connectivity index (χ1v) is 12.8. The molecule has 5 rings (SSSR count). The molecule has 1 heterocycles. The van der Waals surface area contributed by atoms with Crippen molar-refractivity contribution in [2.24, 2.45) is 0 Å². The van der Waals surface area contributed by atoms with Crippen molar-refractivity contribution >= 4 is 17.5 Å². The zero-order valence-electron chi connectivity index (χ0n) is 21.4. The molecule has 1 atom stereocenters. The van der Waals surface area contributed by atoms with Crippen LogP contribution in [0.2, 0.25) is 0 Å². The summed E-state index contributed by atoms with van der Waals surface area (Å²) < 4.78 is 76.4. The van der Waals surface area contributed by atoms with Gasteiger partial charge in [0.25, 0.3) is 5.91 Å². The number of nitrogens with one attached hydrogen (secondary N) is 3. The van der Waals surface area contributed by atoms with Crippen molar-refractivity contribution in [3.63, 3.8) is 0 Å². The number of ether oxygens (including phenoxy) is 1. The smallest absolute Gasteiger partial charge is 0.416 e. The zero-order chi connectivity index (χ0) is 28.6. The lowest BCUT2D eigenvalue weighted by Crippen LogP contribution is -2.30. The number of hydrogen-bond donors (Lipinski definition) is 3. The third kappa shape index (κ3) is 6.09. The molecule has 0 spiro atoms. The largest absolute Gasteiger partial charge is 0.456 e. The molecule has 6 nitrogen and oxygen atoms in total. The summed E-state index contributed by atoms with van der Waals surface area (Å²) in [6, 6.07) is 9.00. The molecule has 210 valence electrons. The number of rotatable bonds is 6. The molecule has 0 aromatic heterocycles. The summed E-state index contributed by atoms with van der Waals surface area (Å²) in [5.74, 6) is -2.43. The van der Waals surface area contributed by atoms with Crippen LogP contribution in [0, 0.1) is 18.6 Å². The SMILES string of the molecule is Cc1cc(F)ccc1Oc1cc(C2CC2)c(C(F)(F)F)cc1C(=O)Nc1ccc(F)c(C2CCNC(=O)CN2)c1. The predicted octanol–water partition coefficient (Wildman–Crippen LogP) is 6.36. The van der Waals surface area contributed by atoms with E-state index in [1.165, 1.54) is 30.3 Å². The van der Waals surface area contributed by atoms with Crippen molar-refractivity contribution in [3.05, 3.63) is 88.0 Å². The maximum atomic E-state index is 14.7. The van der Waals surface area contributed by atoms with Gasteiger partial charge < -0.3 is 20.7 Å². The van der Waals surface area contributed by atoms with Crippen LogP contribution in [-0.2, 0) is 11.0 Å². The topological polar surface area (TPSA) is 79.5 Å². The Morgan fingerprint density at radius 2 is 1.75 bits per heavy atom. The number of aryl methyl sites for hydroxylation is 1. The number of halogens is 5. The molecule has 40 heavy (non-hydrogen) atoms. The van der Waals surface area contributed by atoms with Crippen LogP contribution in [0.25, 0.3) is 0 Å². The molecule has 2 fully saturated rings. The second-order valence-electron chi connectivity index (χ2n) is 9.98. The predicted molar refractivity (Wildman–Crippen MR) is 137 cm³/mol. The van der Waals surface area contributed by atoms with Crippen LogP contribution in [-0.4, -0.2) is 24.9 Å². The van der Waals surface area contributed by atoms with E-state index in [9.17, 15) is 31.5 Å². The summed E-state index contributed by atoms with van der Waals surface area (Å²) in [5.41, 5.74) is -0.531. The first-order valence-electron chi connectivity index (χ1n) is 12.8. The minimum absolute atomic E-state index is 0.0161. The van der Waals surface area contributed by atoms with E-state index in [2.05, 4.69) is 16.0 Å². The Morgan fingerprint density at radius 3 is 2.45 bits per heavy atom. The normalized spacial score (nSPS) is 17.6. The van der Waals surface area contributed by atoms with Crippen LogP contribution in [0.5, 0.6) is 11.5 Å². The fourth-order valence-corrected chi connectivity index (χ4v) is 4.77. The minimum atomic E-state index is -4.71. The van der Waals surface area contributed by atoms with Crippen LogP contribution in [0.4, 0.5) is 27.6 Å². The Morgan fingerprint density at radius 1 is 0.975 bits per heavy atom. The summed E-state index contributed by atoms with van der Waals surface area (Å²) in [6.45, 7) is 1.88. The molecular formula is C29H26F5N3O3. The third-order valence-corrected chi connectivity index (χ3v) is 6.97. The maximum Gasteiger partial charge on any atom is 0.416 e. The van der Waals surface area contributed by atoms with Crippen molar-refractivity contribution in [1.29, 1.82) is 0 Å². The summed E-state index contributed by atoms with van der Waals surface area (Å²) in [5, 5.41) is 8.19. The molecule has 3 N–H and O–H groups in total. The van der Waals surface area contributed by atoms with Crippen molar-refractivity contribution in [1.82, 2.24) is 10.6 Å². The Hall–Kier alpha value is -3.99. The van der Waals surface area contributed by atoms with Crippen LogP contribution >= 0.6 is 0 Å². The Kier molecular flexibility index (Phi) is 7.50. The fraction of sp³-hybridized carbons (Fsp3) is 0.310. The van der Waals surface area contributed by atoms with E-state index in [-0.39, 0.29) is 52.2 Å². The van der Waals surface area contributed by atoms with Gasteiger partial charge in [-0.05, 0) is 91.8 Å². The summed E-state index contributed by atoms with van der Waals surface area (Å²) in [4.78, 5) is 25.1. The number of anilines is 1. The first kappa shape index (κ1) is 27.6. The fourth-order valence-electron chi connectivity index (χ4n) is 4.77. The van der Waals surface area contributed by atoms with E-state index in [0.717, 1.165) is 18.2 Å². The van der Waals surface area contributed by atoms with E-state index in [0.29, 0.717) is 31.4 Å². The second kappa shape index (κ2) is 10.9. The van der Waals surface area contributed by atoms with Gasteiger partial charge in [-0.25, -0.2) is 8.78 Å². The molecular weight excluding hydrogens is 533 g/mol.